The number of hydrogen-bond donors (Lipinski definition) is 1. The van der Waals surface area contributed by atoms with Crippen LogP contribution in [-0.2, 0) is 0 Å². The van der Waals surface area contributed by atoms with E-state index in [0.717, 1.165) is 38.7 Å². The van der Waals surface area contributed by atoms with Crippen LogP contribution in [0.1, 0.15) is 28.0 Å². The van der Waals surface area contributed by atoms with Gasteiger partial charge in [-0.3, -0.25) is 4.79 Å². The summed E-state index contributed by atoms with van der Waals surface area (Å²) in [5.74, 6) is 0.142. The van der Waals surface area contributed by atoms with Gasteiger partial charge in [0, 0.05) is 33.4 Å². The molecule has 0 spiro atoms. The summed E-state index contributed by atoms with van der Waals surface area (Å²) < 4.78 is 0.978. The van der Waals surface area contributed by atoms with Gasteiger partial charge in [-0.15, -0.1) is 12.4 Å². The van der Waals surface area contributed by atoms with E-state index in [4.69, 9.17) is 11.6 Å². The number of nitrogens with one attached hydrogen (secondary N) is 1. The molecule has 0 aliphatic carbocycles. The van der Waals surface area contributed by atoms with Gasteiger partial charge < -0.3 is 9.88 Å². The molecule has 1 N–H and O–H groups in total. The van der Waals surface area contributed by atoms with Crippen molar-refractivity contribution in [2.24, 2.45) is 0 Å². The zero-order chi connectivity index (χ0) is 18.7. The van der Waals surface area contributed by atoms with Crippen LogP contribution in [0.3, 0.4) is 0 Å². The summed E-state index contributed by atoms with van der Waals surface area (Å²) >= 11 is 9.43. The number of benzene rings is 2. The number of carbonyl (C=O) groups is 1. The highest BCUT2D eigenvalue weighted by molar-refractivity contribution is 9.10. The Labute approximate surface area is 178 Å². The molecule has 0 saturated heterocycles. The molecule has 1 aromatic heterocycles. The first-order chi connectivity index (χ1) is 12.4. The number of halogens is 3. The number of nitrogens with zero attached hydrogens (tertiary/aromatic N) is 1. The standard InChI is InChI=1S/C21H20BrClN2O.ClH/c1-25(2)12-11-20(26)21-17-9-6-15(22)13-19(17)24-18(21)10-5-14-3-7-16(23)8-4-14;/h3-10,13,24H,11-12H2,1-2H3;1H/b10-5+;. The van der Waals surface area contributed by atoms with Crippen LogP contribution in [0.15, 0.2) is 46.9 Å². The Balaban J connectivity index is 0.00000261. The lowest BCUT2D eigenvalue weighted by Gasteiger charge is -2.08. The average Bonchev–Trinajstić information content (AvgIpc) is 2.96. The van der Waals surface area contributed by atoms with E-state index < -0.39 is 0 Å². The number of rotatable bonds is 6. The molecule has 6 heteroatoms. The zero-order valence-electron chi connectivity index (χ0n) is 15.1. The Morgan fingerprint density at radius 2 is 1.85 bits per heavy atom. The maximum Gasteiger partial charge on any atom is 0.166 e. The van der Waals surface area contributed by atoms with Crippen LogP contribution < -0.4 is 0 Å². The topological polar surface area (TPSA) is 36.1 Å². The van der Waals surface area contributed by atoms with Gasteiger partial charge in [0.1, 0.15) is 0 Å². The lowest BCUT2D eigenvalue weighted by molar-refractivity contribution is 0.0974. The molecule has 0 aliphatic rings. The van der Waals surface area contributed by atoms with E-state index in [1.54, 1.807) is 0 Å². The van der Waals surface area contributed by atoms with Crippen molar-refractivity contribution in [2.45, 2.75) is 6.42 Å². The van der Waals surface area contributed by atoms with Crippen LogP contribution in [-0.4, -0.2) is 36.3 Å². The lowest BCUT2D eigenvalue weighted by Crippen LogP contribution is -2.17. The minimum absolute atomic E-state index is 0. The molecule has 3 nitrogen and oxygen atoms in total. The SMILES string of the molecule is CN(C)CCC(=O)c1c(/C=C/c2ccc(Cl)cc2)[nH]c2cc(Br)ccc12.Cl. The molecule has 0 atom stereocenters. The van der Waals surface area contributed by atoms with Gasteiger partial charge in [-0.2, -0.15) is 0 Å². The van der Waals surface area contributed by atoms with E-state index in [0.29, 0.717) is 11.4 Å². The Morgan fingerprint density at radius 1 is 1.15 bits per heavy atom. The highest BCUT2D eigenvalue weighted by Gasteiger charge is 2.17. The summed E-state index contributed by atoms with van der Waals surface area (Å²) in [5.41, 5.74) is 3.56. The van der Waals surface area contributed by atoms with Crippen LogP contribution >= 0.6 is 39.9 Å². The summed E-state index contributed by atoms with van der Waals surface area (Å²) in [6.07, 6.45) is 4.43. The molecule has 0 aliphatic heterocycles. The molecule has 27 heavy (non-hydrogen) atoms. The Kier molecular flexibility index (Phi) is 7.68. The smallest absolute Gasteiger partial charge is 0.166 e. The maximum absolute atomic E-state index is 12.9. The zero-order valence-corrected chi connectivity index (χ0v) is 18.3. The Hall–Kier alpha value is -1.59. The van der Waals surface area contributed by atoms with Gasteiger partial charge in [0.05, 0.1) is 11.3 Å². The second-order valence-electron chi connectivity index (χ2n) is 6.46. The summed E-state index contributed by atoms with van der Waals surface area (Å²) in [6, 6.07) is 13.6. The molecular formula is C21H21BrCl2N2O. The molecule has 0 radical (unpaired) electrons. The van der Waals surface area contributed by atoms with E-state index in [1.165, 1.54) is 0 Å². The molecule has 0 bridgehead atoms. The molecule has 3 aromatic rings. The van der Waals surface area contributed by atoms with Gasteiger partial charge in [-0.25, -0.2) is 0 Å². The second-order valence-corrected chi connectivity index (χ2v) is 7.82. The summed E-state index contributed by atoms with van der Waals surface area (Å²) in [6.45, 7) is 0.725. The molecule has 142 valence electrons. The van der Waals surface area contributed by atoms with Crippen molar-refractivity contribution in [1.29, 1.82) is 0 Å². The van der Waals surface area contributed by atoms with E-state index in [-0.39, 0.29) is 18.2 Å². The van der Waals surface area contributed by atoms with Gasteiger partial charge in [0.15, 0.2) is 5.78 Å². The van der Waals surface area contributed by atoms with Crippen LogP contribution in [0, 0.1) is 0 Å². The summed E-state index contributed by atoms with van der Waals surface area (Å²) in [7, 11) is 3.95. The van der Waals surface area contributed by atoms with E-state index >= 15 is 0 Å². The molecule has 0 amide bonds. The number of hydrogen-bond acceptors (Lipinski definition) is 2. The fraction of sp³-hybridized carbons (Fsp3) is 0.190. The number of H-pyrrole nitrogens is 1. The third-order valence-corrected chi connectivity index (χ3v) is 4.91. The van der Waals surface area contributed by atoms with E-state index in [1.807, 2.05) is 73.6 Å². The van der Waals surface area contributed by atoms with E-state index in [2.05, 4.69) is 20.9 Å². The molecule has 2 aromatic carbocycles. The lowest BCUT2D eigenvalue weighted by atomic mass is 10.0. The highest BCUT2D eigenvalue weighted by atomic mass is 79.9. The molecular weight excluding hydrogens is 447 g/mol. The van der Waals surface area contributed by atoms with Gasteiger partial charge in [0.25, 0.3) is 0 Å². The first-order valence-electron chi connectivity index (χ1n) is 8.37. The monoisotopic (exact) mass is 466 g/mol. The normalized spacial score (nSPS) is 11.3. The van der Waals surface area contributed by atoms with Crippen molar-refractivity contribution in [1.82, 2.24) is 9.88 Å². The Bertz CT molecular complexity index is 962. The van der Waals surface area contributed by atoms with Gasteiger partial charge in [0.2, 0.25) is 0 Å². The maximum atomic E-state index is 12.9. The fourth-order valence-corrected chi connectivity index (χ4v) is 3.31. The average molecular weight is 468 g/mol. The molecule has 0 saturated carbocycles. The molecule has 0 fully saturated rings. The largest absolute Gasteiger partial charge is 0.354 e. The molecule has 0 unspecified atom stereocenters. The summed E-state index contributed by atoms with van der Waals surface area (Å²) in [5, 5.41) is 1.66. The quantitative estimate of drug-likeness (QED) is 0.431. The van der Waals surface area contributed by atoms with Crippen LogP contribution in [0.2, 0.25) is 5.02 Å². The second kappa shape index (κ2) is 9.56. The van der Waals surface area contributed by atoms with Crippen LogP contribution in [0.5, 0.6) is 0 Å². The van der Waals surface area contributed by atoms with Crippen molar-refractivity contribution < 1.29 is 4.79 Å². The van der Waals surface area contributed by atoms with Crippen LogP contribution in [0.4, 0.5) is 0 Å². The van der Waals surface area contributed by atoms with Crippen LogP contribution in [0.25, 0.3) is 23.1 Å². The number of aromatic amines is 1. The molecule has 1 heterocycles. The summed E-state index contributed by atoms with van der Waals surface area (Å²) in [4.78, 5) is 18.3. The van der Waals surface area contributed by atoms with E-state index in [9.17, 15) is 4.79 Å². The number of fused-ring (bicyclic) bond motifs is 1. The number of ketones is 1. The third kappa shape index (κ3) is 5.45. The third-order valence-electron chi connectivity index (χ3n) is 4.17. The van der Waals surface area contributed by atoms with Gasteiger partial charge in [-0.05, 0) is 50.0 Å². The predicted octanol–water partition coefficient (Wildman–Crippen LogP) is 6.31. The molecule has 3 rings (SSSR count). The number of aromatic nitrogens is 1. The number of Topliss-reactive ketones (excluding diaryl/α,β-unsaturated/α-hetero) is 1. The first kappa shape index (κ1) is 21.7. The van der Waals surface area contributed by atoms with Crippen molar-refractivity contribution in [3.63, 3.8) is 0 Å². The van der Waals surface area contributed by atoms with Crippen molar-refractivity contribution in [2.75, 3.05) is 20.6 Å². The van der Waals surface area contributed by atoms with Gasteiger partial charge >= 0.3 is 0 Å². The van der Waals surface area contributed by atoms with Crippen molar-refractivity contribution in [3.8, 4) is 0 Å². The highest BCUT2D eigenvalue weighted by Crippen LogP contribution is 2.28. The van der Waals surface area contributed by atoms with Crippen molar-refractivity contribution >= 4 is 68.8 Å². The first-order valence-corrected chi connectivity index (χ1v) is 9.54. The minimum atomic E-state index is 0. The fourth-order valence-electron chi connectivity index (χ4n) is 2.82. The number of carbonyl (C=O) groups excluding carboxylic acids is 1. The van der Waals surface area contributed by atoms with Crippen molar-refractivity contribution in [3.05, 3.63) is 68.8 Å². The predicted molar refractivity (Wildman–Crippen MR) is 121 cm³/mol. The Morgan fingerprint density at radius 3 is 2.52 bits per heavy atom. The minimum Gasteiger partial charge on any atom is -0.354 e. The van der Waals surface area contributed by atoms with Gasteiger partial charge in [-0.1, -0.05) is 51.8 Å².